The Kier molecular flexibility index (Phi) is 6.73. The van der Waals surface area contributed by atoms with E-state index in [-0.39, 0.29) is 24.4 Å². The first-order valence-electron chi connectivity index (χ1n) is 12.1. The number of carbonyl (C=O) groups is 1. The third-order valence-electron chi connectivity index (χ3n) is 7.05. The summed E-state index contributed by atoms with van der Waals surface area (Å²) in [6.07, 6.45) is 0. The molecule has 1 fully saturated rings. The van der Waals surface area contributed by atoms with Gasteiger partial charge >= 0.3 is 0 Å². The second-order valence-electron chi connectivity index (χ2n) is 9.68. The summed E-state index contributed by atoms with van der Waals surface area (Å²) < 4.78 is 24.4. The lowest BCUT2D eigenvalue weighted by Crippen LogP contribution is -2.35. The van der Waals surface area contributed by atoms with Crippen LogP contribution in [0.2, 0.25) is 0 Å². The number of halogens is 1. The van der Waals surface area contributed by atoms with Crippen molar-refractivity contribution in [2.24, 2.45) is 5.92 Å². The average Bonchev–Trinajstić information content (AvgIpc) is 3.47. The topological polar surface area (TPSA) is 42.0 Å². The van der Waals surface area contributed by atoms with Crippen molar-refractivity contribution >= 4 is 5.91 Å². The fraction of sp³-hybridized carbons (Fsp3) is 0.345. The Morgan fingerprint density at radius 2 is 1.69 bits per heavy atom. The lowest BCUT2D eigenvalue weighted by Gasteiger charge is -2.28. The summed E-state index contributed by atoms with van der Waals surface area (Å²) in [5.74, 6) is 1.97. The molecule has 35 heavy (non-hydrogen) atoms. The molecule has 2 aliphatic heterocycles. The summed E-state index contributed by atoms with van der Waals surface area (Å²) in [5.41, 5.74) is 4.66. The normalized spacial score (nSPS) is 19.2. The highest BCUT2D eigenvalue weighted by atomic mass is 19.1. The average molecular weight is 475 g/mol. The maximum atomic E-state index is 13.4. The Morgan fingerprint density at radius 3 is 2.43 bits per heavy atom. The van der Waals surface area contributed by atoms with Crippen LogP contribution in [0.15, 0.2) is 66.7 Å². The second kappa shape index (κ2) is 10.1. The van der Waals surface area contributed by atoms with Crippen LogP contribution in [0.1, 0.15) is 35.1 Å². The molecule has 0 radical (unpaired) electrons. The Bertz CT molecular complexity index is 1180. The minimum absolute atomic E-state index is 0.0335. The van der Waals surface area contributed by atoms with Crippen molar-refractivity contribution in [3.8, 4) is 11.5 Å². The first kappa shape index (κ1) is 23.4. The number of hydrogen-bond donors (Lipinski definition) is 0. The van der Waals surface area contributed by atoms with E-state index < -0.39 is 0 Å². The van der Waals surface area contributed by atoms with Crippen LogP contribution in [-0.4, -0.2) is 42.1 Å². The zero-order valence-corrected chi connectivity index (χ0v) is 20.2. The van der Waals surface area contributed by atoms with Gasteiger partial charge in [0.2, 0.25) is 12.7 Å². The van der Waals surface area contributed by atoms with Crippen molar-refractivity contribution in [3.63, 3.8) is 0 Å². The zero-order chi connectivity index (χ0) is 24.4. The van der Waals surface area contributed by atoms with Gasteiger partial charge in [-0.1, -0.05) is 48.0 Å². The van der Waals surface area contributed by atoms with Crippen LogP contribution in [0.5, 0.6) is 11.5 Å². The standard InChI is InChI=1S/C29H31FN2O3/c1-20-3-8-24(9-4-20)27-18-31(14-23-7-12-28-29(13-23)35-19-34-28)16-25(27)17-32(21(2)33)15-22-5-10-26(30)11-6-22/h3-13,25,27H,14-19H2,1-2H3/t25-,27+/m0/s1. The van der Waals surface area contributed by atoms with Crippen molar-refractivity contribution in [2.45, 2.75) is 32.9 Å². The lowest BCUT2D eigenvalue weighted by molar-refractivity contribution is -0.130. The number of benzene rings is 3. The first-order valence-corrected chi connectivity index (χ1v) is 12.1. The number of ether oxygens (including phenoxy) is 2. The summed E-state index contributed by atoms with van der Waals surface area (Å²) in [4.78, 5) is 16.9. The van der Waals surface area contributed by atoms with Crippen molar-refractivity contribution in [1.29, 1.82) is 0 Å². The van der Waals surface area contributed by atoms with Gasteiger partial charge < -0.3 is 14.4 Å². The summed E-state index contributed by atoms with van der Waals surface area (Å²) in [6, 6.07) is 21.3. The van der Waals surface area contributed by atoms with Crippen LogP contribution >= 0.6 is 0 Å². The van der Waals surface area contributed by atoms with Gasteiger partial charge in [0.05, 0.1) is 0 Å². The predicted molar refractivity (Wildman–Crippen MR) is 133 cm³/mol. The van der Waals surface area contributed by atoms with E-state index in [0.29, 0.717) is 19.0 Å². The molecule has 5 nitrogen and oxygen atoms in total. The Morgan fingerprint density at radius 1 is 0.971 bits per heavy atom. The Balaban J connectivity index is 1.34. The van der Waals surface area contributed by atoms with Gasteiger partial charge in [-0.2, -0.15) is 0 Å². The van der Waals surface area contributed by atoms with Crippen molar-refractivity contribution in [3.05, 3.63) is 94.8 Å². The van der Waals surface area contributed by atoms with Gasteiger partial charge in [-0.3, -0.25) is 9.69 Å². The molecule has 0 bridgehead atoms. The highest BCUT2D eigenvalue weighted by molar-refractivity contribution is 5.73. The highest BCUT2D eigenvalue weighted by Gasteiger charge is 2.35. The first-order chi connectivity index (χ1) is 16.9. The number of fused-ring (bicyclic) bond motifs is 1. The van der Waals surface area contributed by atoms with Crippen LogP contribution in [0.25, 0.3) is 0 Å². The molecule has 182 valence electrons. The number of aryl methyl sites for hydroxylation is 1. The van der Waals surface area contributed by atoms with E-state index in [1.165, 1.54) is 28.8 Å². The molecule has 2 aliphatic rings. The number of nitrogens with zero attached hydrogens (tertiary/aromatic N) is 2. The summed E-state index contributed by atoms with van der Waals surface area (Å²) >= 11 is 0. The van der Waals surface area contributed by atoms with Crippen molar-refractivity contribution < 1.29 is 18.7 Å². The number of rotatable bonds is 7. The minimum atomic E-state index is -0.266. The van der Waals surface area contributed by atoms with Gasteiger partial charge in [0.1, 0.15) is 5.82 Å². The number of likely N-dealkylation sites (tertiary alicyclic amines) is 1. The van der Waals surface area contributed by atoms with Gasteiger partial charge in [-0.25, -0.2) is 4.39 Å². The van der Waals surface area contributed by atoms with Gasteiger partial charge in [0, 0.05) is 45.6 Å². The fourth-order valence-corrected chi connectivity index (χ4v) is 5.16. The van der Waals surface area contributed by atoms with Crippen molar-refractivity contribution in [1.82, 2.24) is 9.80 Å². The van der Waals surface area contributed by atoms with E-state index in [9.17, 15) is 9.18 Å². The maximum absolute atomic E-state index is 13.4. The lowest BCUT2D eigenvalue weighted by atomic mass is 9.88. The molecule has 0 aromatic heterocycles. The summed E-state index contributed by atoms with van der Waals surface area (Å²) in [5, 5.41) is 0. The van der Waals surface area contributed by atoms with Crippen LogP contribution in [0.3, 0.4) is 0 Å². The summed E-state index contributed by atoms with van der Waals surface area (Å²) in [7, 11) is 0. The van der Waals surface area contributed by atoms with Gasteiger partial charge in [-0.15, -0.1) is 0 Å². The largest absolute Gasteiger partial charge is 0.454 e. The van der Waals surface area contributed by atoms with E-state index in [1.54, 1.807) is 19.1 Å². The van der Waals surface area contributed by atoms with E-state index in [0.717, 1.165) is 36.7 Å². The van der Waals surface area contributed by atoms with E-state index in [2.05, 4.69) is 48.2 Å². The molecule has 0 spiro atoms. The molecule has 0 N–H and O–H groups in total. The molecule has 2 heterocycles. The molecular formula is C29H31FN2O3. The SMILES string of the molecule is CC(=O)N(Cc1ccc(F)cc1)C[C@@H]1CN(Cc2ccc3c(c2)OCO3)C[C@@H]1c1ccc(C)cc1. The maximum Gasteiger partial charge on any atom is 0.231 e. The molecule has 0 saturated carbocycles. The summed E-state index contributed by atoms with van der Waals surface area (Å²) in [6.45, 7) is 7.75. The van der Waals surface area contributed by atoms with Gasteiger partial charge in [-0.05, 0) is 53.8 Å². The van der Waals surface area contributed by atoms with Crippen molar-refractivity contribution in [2.75, 3.05) is 26.4 Å². The number of amides is 1. The molecule has 3 aromatic carbocycles. The fourth-order valence-electron chi connectivity index (χ4n) is 5.16. The van der Waals surface area contributed by atoms with E-state index >= 15 is 0 Å². The molecule has 0 aliphatic carbocycles. The Hall–Kier alpha value is -3.38. The molecule has 2 atom stereocenters. The molecule has 0 unspecified atom stereocenters. The quantitative estimate of drug-likeness (QED) is 0.476. The highest BCUT2D eigenvalue weighted by Crippen LogP contribution is 2.37. The monoisotopic (exact) mass is 474 g/mol. The van der Waals surface area contributed by atoms with Gasteiger partial charge in [0.15, 0.2) is 11.5 Å². The predicted octanol–water partition coefficient (Wildman–Crippen LogP) is 5.13. The third kappa shape index (κ3) is 5.49. The molecule has 3 aromatic rings. The third-order valence-corrected chi connectivity index (χ3v) is 7.05. The Labute approximate surface area is 206 Å². The number of carbonyl (C=O) groups excluding carboxylic acids is 1. The molecule has 1 amide bonds. The number of hydrogen-bond acceptors (Lipinski definition) is 4. The minimum Gasteiger partial charge on any atom is -0.454 e. The molecule has 6 heteroatoms. The van der Waals surface area contributed by atoms with Gasteiger partial charge in [0.25, 0.3) is 0 Å². The smallest absolute Gasteiger partial charge is 0.231 e. The van der Waals surface area contributed by atoms with Crippen LogP contribution in [0.4, 0.5) is 4.39 Å². The van der Waals surface area contributed by atoms with Crippen LogP contribution in [0, 0.1) is 18.7 Å². The van der Waals surface area contributed by atoms with E-state index in [4.69, 9.17) is 9.47 Å². The van der Waals surface area contributed by atoms with E-state index in [1.807, 2.05) is 11.0 Å². The molecular weight excluding hydrogens is 443 g/mol. The zero-order valence-electron chi connectivity index (χ0n) is 20.2. The molecule has 5 rings (SSSR count). The van der Waals surface area contributed by atoms with Crippen LogP contribution < -0.4 is 9.47 Å². The van der Waals surface area contributed by atoms with Crippen LogP contribution in [-0.2, 0) is 17.9 Å². The molecule has 1 saturated heterocycles. The second-order valence-corrected chi connectivity index (χ2v) is 9.68.